The molecule has 0 N–H and O–H groups in total. The topological polar surface area (TPSA) is 39.7 Å². The van der Waals surface area contributed by atoms with Gasteiger partial charge in [0.05, 0.1) is 10.4 Å². The molecule has 2 aliphatic rings. The van der Waals surface area contributed by atoms with Crippen LogP contribution in [0.3, 0.4) is 0 Å². The standard InChI is InChI=1S/C26H32N4OS/c1-19(31)30-14-12-26(2,3)22-9-6-7-20(24(22)30)11-13-28-15-17-29(18-16-28)25-21-8-4-5-10-23(21)32-27-25/h4-10H,11-18H2,1-3H3. The van der Waals surface area contributed by atoms with Crippen molar-refractivity contribution in [2.24, 2.45) is 0 Å². The van der Waals surface area contributed by atoms with Crippen molar-refractivity contribution in [1.82, 2.24) is 9.27 Å². The highest BCUT2D eigenvalue weighted by atomic mass is 32.1. The largest absolute Gasteiger partial charge is 0.353 e. The summed E-state index contributed by atoms with van der Waals surface area (Å²) >= 11 is 1.59. The number of hydrogen-bond acceptors (Lipinski definition) is 5. The van der Waals surface area contributed by atoms with Crippen LogP contribution in [-0.4, -0.2) is 54.4 Å². The second kappa shape index (κ2) is 8.49. The lowest BCUT2D eigenvalue weighted by Gasteiger charge is -2.40. The number of anilines is 2. The Morgan fingerprint density at radius 2 is 1.81 bits per heavy atom. The van der Waals surface area contributed by atoms with Gasteiger partial charge >= 0.3 is 0 Å². The summed E-state index contributed by atoms with van der Waals surface area (Å²) < 4.78 is 6.00. The minimum atomic E-state index is 0.110. The molecule has 3 heterocycles. The Bertz CT molecular complexity index is 1130. The summed E-state index contributed by atoms with van der Waals surface area (Å²) in [6.07, 6.45) is 1.99. The molecular formula is C26H32N4OS. The molecular weight excluding hydrogens is 416 g/mol. The second-order valence-electron chi connectivity index (χ2n) is 9.70. The van der Waals surface area contributed by atoms with Gasteiger partial charge in [0.15, 0.2) is 0 Å². The van der Waals surface area contributed by atoms with E-state index in [4.69, 9.17) is 4.37 Å². The van der Waals surface area contributed by atoms with Crippen LogP contribution in [0.1, 0.15) is 38.3 Å². The number of nitrogens with zero attached hydrogens (tertiary/aromatic N) is 4. The Morgan fingerprint density at radius 3 is 2.59 bits per heavy atom. The fourth-order valence-electron chi connectivity index (χ4n) is 5.17. The number of carbonyl (C=O) groups excluding carboxylic acids is 1. The smallest absolute Gasteiger partial charge is 0.223 e. The predicted octanol–water partition coefficient (Wildman–Crippen LogP) is 4.70. The average Bonchev–Trinajstić information content (AvgIpc) is 3.22. The summed E-state index contributed by atoms with van der Waals surface area (Å²) in [4.78, 5) is 19.4. The maximum atomic E-state index is 12.4. The van der Waals surface area contributed by atoms with Gasteiger partial charge in [0.1, 0.15) is 5.82 Å². The van der Waals surface area contributed by atoms with Crippen LogP contribution in [0.15, 0.2) is 42.5 Å². The van der Waals surface area contributed by atoms with E-state index in [9.17, 15) is 4.79 Å². The number of aromatic nitrogens is 1. The van der Waals surface area contributed by atoms with E-state index in [1.165, 1.54) is 26.9 Å². The van der Waals surface area contributed by atoms with E-state index < -0.39 is 0 Å². The van der Waals surface area contributed by atoms with E-state index in [0.29, 0.717) is 0 Å². The van der Waals surface area contributed by atoms with Gasteiger partial charge in [-0.2, -0.15) is 4.37 Å². The lowest BCUT2D eigenvalue weighted by Crippen LogP contribution is -2.47. The molecule has 0 spiro atoms. The summed E-state index contributed by atoms with van der Waals surface area (Å²) in [6.45, 7) is 12.2. The molecule has 0 unspecified atom stereocenters. The molecule has 168 valence electrons. The fourth-order valence-corrected chi connectivity index (χ4v) is 5.97. The van der Waals surface area contributed by atoms with Gasteiger partial charge in [-0.05, 0) is 53.0 Å². The number of benzene rings is 2. The van der Waals surface area contributed by atoms with E-state index in [-0.39, 0.29) is 11.3 Å². The molecule has 5 nitrogen and oxygen atoms in total. The molecule has 1 saturated heterocycles. The van der Waals surface area contributed by atoms with Gasteiger partial charge in [-0.25, -0.2) is 0 Å². The molecule has 2 aliphatic heterocycles. The van der Waals surface area contributed by atoms with Crippen molar-refractivity contribution >= 4 is 39.0 Å². The Hall–Kier alpha value is -2.44. The van der Waals surface area contributed by atoms with Gasteiger partial charge in [0.25, 0.3) is 0 Å². The van der Waals surface area contributed by atoms with Gasteiger partial charge in [0, 0.05) is 51.6 Å². The van der Waals surface area contributed by atoms with Crippen molar-refractivity contribution in [3.8, 4) is 0 Å². The summed E-state index contributed by atoms with van der Waals surface area (Å²) in [6, 6.07) is 15.1. The van der Waals surface area contributed by atoms with E-state index in [1.807, 2.05) is 4.90 Å². The van der Waals surface area contributed by atoms with Crippen molar-refractivity contribution < 1.29 is 4.79 Å². The molecule has 2 aromatic carbocycles. The van der Waals surface area contributed by atoms with Gasteiger partial charge in [-0.1, -0.05) is 44.2 Å². The van der Waals surface area contributed by atoms with Crippen molar-refractivity contribution in [3.05, 3.63) is 53.6 Å². The zero-order chi connectivity index (χ0) is 22.3. The van der Waals surface area contributed by atoms with Crippen LogP contribution in [0.25, 0.3) is 10.1 Å². The quantitative estimate of drug-likeness (QED) is 0.580. The highest BCUT2D eigenvalue weighted by molar-refractivity contribution is 7.13. The lowest BCUT2D eigenvalue weighted by molar-refractivity contribution is -0.116. The number of piperazine rings is 1. The summed E-state index contributed by atoms with van der Waals surface area (Å²) in [5.41, 5.74) is 3.90. The Morgan fingerprint density at radius 1 is 1.03 bits per heavy atom. The third-order valence-corrected chi connectivity index (χ3v) is 8.00. The third kappa shape index (κ3) is 3.90. The van der Waals surface area contributed by atoms with Crippen LogP contribution in [0.5, 0.6) is 0 Å². The molecule has 0 saturated carbocycles. The average molecular weight is 449 g/mol. The maximum Gasteiger partial charge on any atom is 0.223 e. The van der Waals surface area contributed by atoms with Crippen LogP contribution in [0, 0.1) is 0 Å². The Balaban J connectivity index is 1.27. The highest BCUT2D eigenvalue weighted by Crippen LogP contribution is 2.41. The number of para-hydroxylation sites is 1. The van der Waals surface area contributed by atoms with Crippen molar-refractivity contribution in [1.29, 1.82) is 0 Å². The molecule has 1 aromatic heterocycles. The fraction of sp³-hybridized carbons (Fsp3) is 0.462. The molecule has 0 radical (unpaired) electrons. The summed E-state index contributed by atoms with van der Waals surface area (Å²) in [5.74, 6) is 1.29. The molecule has 6 heteroatoms. The minimum absolute atomic E-state index is 0.110. The number of hydrogen-bond donors (Lipinski definition) is 0. The minimum Gasteiger partial charge on any atom is -0.353 e. The summed E-state index contributed by atoms with van der Waals surface area (Å²) in [7, 11) is 0. The molecule has 0 atom stereocenters. The van der Waals surface area contributed by atoms with E-state index in [0.717, 1.165) is 57.9 Å². The Kier molecular flexibility index (Phi) is 5.68. The zero-order valence-corrected chi connectivity index (χ0v) is 20.1. The third-order valence-electron chi connectivity index (χ3n) is 7.19. The molecule has 1 amide bonds. The second-order valence-corrected chi connectivity index (χ2v) is 10.5. The number of rotatable bonds is 4. The SMILES string of the molecule is CC(=O)N1CCC(C)(C)c2cccc(CCN3CCN(c4nsc5ccccc45)CC3)c21. The Labute approximate surface area is 194 Å². The van der Waals surface area contributed by atoms with Crippen LogP contribution in [0.2, 0.25) is 0 Å². The molecule has 32 heavy (non-hydrogen) atoms. The lowest BCUT2D eigenvalue weighted by atomic mass is 9.76. The van der Waals surface area contributed by atoms with Crippen molar-refractivity contribution in [3.63, 3.8) is 0 Å². The number of amides is 1. The van der Waals surface area contributed by atoms with Crippen LogP contribution < -0.4 is 9.80 Å². The first-order valence-electron chi connectivity index (χ1n) is 11.7. The number of carbonyl (C=O) groups is 1. The molecule has 5 rings (SSSR count). The first-order valence-corrected chi connectivity index (χ1v) is 12.4. The van der Waals surface area contributed by atoms with Crippen LogP contribution >= 0.6 is 11.5 Å². The molecule has 0 bridgehead atoms. The van der Waals surface area contributed by atoms with E-state index in [2.05, 4.69) is 66.1 Å². The van der Waals surface area contributed by atoms with Gasteiger partial charge in [0.2, 0.25) is 5.91 Å². The molecule has 1 fully saturated rings. The van der Waals surface area contributed by atoms with Gasteiger partial charge < -0.3 is 9.80 Å². The monoisotopic (exact) mass is 448 g/mol. The van der Waals surface area contributed by atoms with Crippen molar-refractivity contribution in [2.45, 2.75) is 39.0 Å². The number of fused-ring (bicyclic) bond motifs is 2. The van der Waals surface area contributed by atoms with Crippen LogP contribution in [-0.2, 0) is 16.6 Å². The zero-order valence-electron chi connectivity index (χ0n) is 19.3. The maximum absolute atomic E-state index is 12.4. The van der Waals surface area contributed by atoms with E-state index in [1.54, 1.807) is 18.5 Å². The van der Waals surface area contributed by atoms with Crippen LogP contribution in [0.4, 0.5) is 11.5 Å². The molecule has 3 aromatic rings. The van der Waals surface area contributed by atoms with Gasteiger partial charge in [-0.3, -0.25) is 9.69 Å². The predicted molar refractivity (Wildman–Crippen MR) is 134 cm³/mol. The van der Waals surface area contributed by atoms with Crippen molar-refractivity contribution in [2.75, 3.05) is 49.1 Å². The first-order chi connectivity index (χ1) is 15.4. The van der Waals surface area contributed by atoms with E-state index >= 15 is 0 Å². The molecule has 0 aliphatic carbocycles. The van der Waals surface area contributed by atoms with Gasteiger partial charge in [-0.15, -0.1) is 0 Å². The summed E-state index contributed by atoms with van der Waals surface area (Å²) in [5, 5.41) is 1.27. The highest BCUT2D eigenvalue weighted by Gasteiger charge is 2.34. The first kappa shape index (κ1) is 21.4. The normalized spacial score (nSPS) is 18.7.